The third-order valence-corrected chi connectivity index (χ3v) is 2.93. The zero-order valence-electron chi connectivity index (χ0n) is 8.89. The summed E-state index contributed by atoms with van der Waals surface area (Å²) in [6.45, 7) is 3.78. The summed E-state index contributed by atoms with van der Waals surface area (Å²) in [5.41, 5.74) is 0.310. The molecule has 0 amide bonds. The van der Waals surface area contributed by atoms with Crippen LogP contribution >= 0.6 is 11.6 Å². The highest BCUT2D eigenvalue weighted by Gasteiger charge is 2.15. The van der Waals surface area contributed by atoms with Gasteiger partial charge >= 0.3 is 0 Å². The van der Waals surface area contributed by atoms with E-state index in [-0.39, 0.29) is 18.1 Å². The fourth-order valence-electron chi connectivity index (χ4n) is 1.28. The molecule has 82 valence electrons. The van der Waals surface area contributed by atoms with Crippen molar-refractivity contribution >= 4 is 17.4 Å². The lowest BCUT2D eigenvalue weighted by molar-refractivity contribution is -0.121. The highest BCUT2D eigenvalue weighted by atomic mass is 35.5. The van der Waals surface area contributed by atoms with Gasteiger partial charge in [-0.25, -0.2) is 4.39 Å². The molecule has 3 heteroatoms. The molecule has 1 unspecified atom stereocenters. The Bertz CT molecular complexity index is 342. The number of carbonyl (C=O) groups is 1. The second-order valence-corrected chi connectivity index (χ2v) is 4.06. The van der Waals surface area contributed by atoms with Crippen LogP contribution in [0.15, 0.2) is 18.2 Å². The van der Waals surface area contributed by atoms with E-state index in [9.17, 15) is 9.18 Å². The van der Waals surface area contributed by atoms with Crippen LogP contribution in [0.3, 0.4) is 0 Å². The lowest BCUT2D eigenvalue weighted by atomic mass is 9.97. The summed E-state index contributed by atoms with van der Waals surface area (Å²) in [4.78, 5) is 11.6. The zero-order chi connectivity index (χ0) is 11.4. The van der Waals surface area contributed by atoms with E-state index < -0.39 is 5.82 Å². The minimum absolute atomic E-state index is 0.0319. The normalized spacial score (nSPS) is 12.5. The van der Waals surface area contributed by atoms with Crippen molar-refractivity contribution in [1.29, 1.82) is 0 Å². The molecule has 0 aromatic heterocycles. The maximum absolute atomic E-state index is 13.3. The van der Waals surface area contributed by atoms with Gasteiger partial charge in [0.15, 0.2) is 0 Å². The average Bonchev–Trinajstić information content (AvgIpc) is 2.22. The first-order valence-corrected chi connectivity index (χ1v) is 5.39. The highest BCUT2D eigenvalue weighted by Crippen LogP contribution is 2.21. The van der Waals surface area contributed by atoms with Crippen LogP contribution in [0, 0.1) is 11.7 Å². The summed E-state index contributed by atoms with van der Waals surface area (Å²) in [6, 6.07) is 4.46. The number of hydrogen-bond donors (Lipinski definition) is 0. The second-order valence-electron chi connectivity index (χ2n) is 3.65. The van der Waals surface area contributed by atoms with Gasteiger partial charge in [0.2, 0.25) is 0 Å². The van der Waals surface area contributed by atoms with Gasteiger partial charge < -0.3 is 0 Å². The van der Waals surface area contributed by atoms with Crippen molar-refractivity contribution in [2.24, 2.45) is 5.92 Å². The third-order valence-electron chi connectivity index (χ3n) is 2.57. The van der Waals surface area contributed by atoms with Gasteiger partial charge in [-0.1, -0.05) is 31.5 Å². The van der Waals surface area contributed by atoms with Crippen LogP contribution in [0.1, 0.15) is 25.8 Å². The molecule has 0 saturated heterocycles. The smallest absolute Gasteiger partial charge is 0.140 e. The Hall–Kier alpha value is -0.890. The van der Waals surface area contributed by atoms with E-state index in [1.54, 1.807) is 6.07 Å². The first-order valence-electron chi connectivity index (χ1n) is 5.01. The van der Waals surface area contributed by atoms with E-state index in [1.165, 1.54) is 12.1 Å². The average molecular weight is 229 g/mol. The van der Waals surface area contributed by atoms with Crippen LogP contribution < -0.4 is 0 Å². The van der Waals surface area contributed by atoms with Crippen LogP contribution in [-0.4, -0.2) is 5.78 Å². The molecule has 1 nitrogen and oxygen atoms in total. The van der Waals surface area contributed by atoms with Crippen LogP contribution in [-0.2, 0) is 11.2 Å². The van der Waals surface area contributed by atoms with Crippen molar-refractivity contribution in [3.8, 4) is 0 Å². The van der Waals surface area contributed by atoms with Crippen molar-refractivity contribution in [3.63, 3.8) is 0 Å². The van der Waals surface area contributed by atoms with Gasteiger partial charge in [-0.15, -0.1) is 0 Å². The van der Waals surface area contributed by atoms with Crippen LogP contribution in [0.25, 0.3) is 0 Å². The summed E-state index contributed by atoms with van der Waals surface area (Å²) < 4.78 is 13.3. The Labute approximate surface area is 94.3 Å². The Morgan fingerprint density at radius 1 is 1.53 bits per heavy atom. The molecule has 1 rings (SSSR count). The predicted octanol–water partition coefficient (Wildman–Crippen LogP) is 3.64. The fraction of sp³-hybridized carbons (Fsp3) is 0.417. The Kier molecular flexibility index (Phi) is 4.28. The molecule has 1 atom stereocenters. The highest BCUT2D eigenvalue weighted by molar-refractivity contribution is 6.31. The van der Waals surface area contributed by atoms with Crippen molar-refractivity contribution < 1.29 is 9.18 Å². The molecule has 0 saturated carbocycles. The predicted molar refractivity (Wildman–Crippen MR) is 59.6 cm³/mol. The third kappa shape index (κ3) is 3.03. The Morgan fingerprint density at radius 3 is 2.73 bits per heavy atom. The molecule has 0 heterocycles. The minimum Gasteiger partial charge on any atom is -0.299 e. The van der Waals surface area contributed by atoms with Crippen LogP contribution in [0.5, 0.6) is 0 Å². The largest absolute Gasteiger partial charge is 0.299 e. The first-order chi connectivity index (χ1) is 7.06. The molecule has 0 aliphatic rings. The van der Waals surface area contributed by atoms with Gasteiger partial charge in [0.25, 0.3) is 0 Å². The standard InChI is InChI=1S/C12H14ClFO/c1-3-8(2)12(15)7-9-10(13)5-4-6-11(9)14/h4-6,8H,3,7H2,1-2H3. The monoisotopic (exact) mass is 228 g/mol. The molecule has 0 fully saturated rings. The molecular weight excluding hydrogens is 215 g/mol. The number of carbonyl (C=O) groups excluding carboxylic acids is 1. The van der Waals surface area contributed by atoms with Crippen molar-refractivity contribution in [3.05, 3.63) is 34.6 Å². The molecule has 1 aromatic carbocycles. The molecule has 15 heavy (non-hydrogen) atoms. The molecular formula is C12H14ClFO. The maximum atomic E-state index is 13.3. The second kappa shape index (κ2) is 5.26. The minimum atomic E-state index is -0.404. The van der Waals surface area contributed by atoms with Gasteiger partial charge in [-0.05, 0) is 18.6 Å². The lowest BCUT2D eigenvalue weighted by Gasteiger charge is -2.09. The van der Waals surface area contributed by atoms with E-state index in [2.05, 4.69) is 0 Å². The van der Waals surface area contributed by atoms with E-state index in [0.29, 0.717) is 10.6 Å². The van der Waals surface area contributed by atoms with Gasteiger partial charge in [0.1, 0.15) is 11.6 Å². The molecule has 0 bridgehead atoms. The zero-order valence-corrected chi connectivity index (χ0v) is 9.64. The van der Waals surface area contributed by atoms with E-state index >= 15 is 0 Å². The van der Waals surface area contributed by atoms with Crippen molar-refractivity contribution in [1.82, 2.24) is 0 Å². The van der Waals surface area contributed by atoms with E-state index in [0.717, 1.165) is 6.42 Å². The SMILES string of the molecule is CCC(C)C(=O)Cc1c(F)cccc1Cl. The summed E-state index contributed by atoms with van der Waals surface area (Å²) in [5.74, 6) is -0.413. The molecule has 0 spiro atoms. The van der Waals surface area contributed by atoms with Gasteiger partial charge in [-0.2, -0.15) is 0 Å². The molecule has 0 aliphatic heterocycles. The van der Waals surface area contributed by atoms with Gasteiger partial charge in [0.05, 0.1) is 0 Å². The maximum Gasteiger partial charge on any atom is 0.140 e. The number of benzene rings is 1. The Morgan fingerprint density at radius 2 is 2.20 bits per heavy atom. The number of Topliss-reactive ketones (excluding diaryl/α,β-unsaturated/α-hetero) is 1. The number of halogens is 2. The van der Waals surface area contributed by atoms with Gasteiger partial charge in [0, 0.05) is 22.9 Å². The van der Waals surface area contributed by atoms with E-state index in [1.807, 2.05) is 13.8 Å². The first kappa shape index (κ1) is 12.2. The van der Waals surface area contributed by atoms with Crippen LogP contribution in [0.2, 0.25) is 5.02 Å². The fourth-order valence-corrected chi connectivity index (χ4v) is 1.51. The van der Waals surface area contributed by atoms with Gasteiger partial charge in [-0.3, -0.25) is 4.79 Å². The Balaban J connectivity index is 2.85. The lowest BCUT2D eigenvalue weighted by Crippen LogP contribution is -2.13. The molecule has 0 radical (unpaired) electrons. The molecule has 1 aromatic rings. The van der Waals surface area contributed by atoms with E-state index in [4.69, 9.17) is 11.6 Å². The van der Waals surface area contributed by atoms with Crippen LogP contribution in [0.4, 0.5) is 4.39 Å². The quantitative estimate of drug-likeness (QED) is 0.769. The van der Waals surface area contributed by atoms with Crippen molar-refractivity contribution in [2.75, 3.05) is 0 Å². The number of hydrogen-bond acceptors (Lipinski definition) is 1. The number of rotatable bonds is 4. The summed E-state index contributed by atoms with van der Waals surface area (Å²) in [7, 11) is 0. The molecule has 0 N–H and O–H groups in total. The topological polar surface area (TPSA) is 17.1 Å². The van der Waals surface area contributed by atoms with Crippen molar-refractivity contribution in [2.45, 2.75) is 26.7 Å². The molecule has 0 aliphatic carbocycles. The summed E-state index contributed by atoms with van der Waals surface area (Å²) >= 11 is 5.83. The summed E-state index contributed by atoms with van der Waals surface area (Å²) in [5, 5.41) is 0.326. The number of ketones is 1. The summed E-state index contributed by atoms with van der Waals surface area (Å²) in [6.07, 6.45) is 0.853.